The molecule has 2 atom stereocenters. The summed E-state index contributed by atoms with van der Waals surface area (Å²) in [6, 6.07) is 5.53. The van der Waals surface area contributed by atoms with E-state index in [0.717, 1.165) is 27.7 Å². The molecule has 1 aliphatic heterocycles. The van der Waals surface area contributed by atoms with Gasteiger partial charge in [-0.15, -0.1) is 5.10 Å². The first kappa shape index (κ1) is 22.8. The number of benzene rings is 1. The molecule has 11 heteroatoms. The van der Waals surface area contributed by atoms with E-state index in [2.05, 4.69) is 31.0 Å². The number of H-pyrrole nitrogens is 1. The molecule has 0 aliphatic carbocycles. The van der Waals surface area contributed by atoms with Gasteiger partial charge in [0, 0.05) is 44.0 Å². The molecule has 1 saturated heterocycles. The van der Waals surface area contributed by atoms with Gasteiger partial charge in [-0.2, -0.15) is 0 Å². The first-order valence-electron chi connectivity index (χ1n) is 11.3. The van der Waals surface area contributed by atoms with Crippen molar-refractivity contribution in [2.45, 2.75) is 25.5 Å². The minimum Gasteiger partial charge on any atom is -0.478 e. The SMILES string of the molecule is COc1nn(C)cc1Nc1ncc(C)c(-c2c[nH]c3c(NC(=O)C4C[C@H](OC)CN4)cccc23)n1. The highest BCUT2D eigenvalue weighted by Crippen LogP contribution is 2.34. The van der Waals surface area contributed by atoms with E-state index in [-0.39, 0.29) is 18.1 Å². The summed E-state index contributed by atoms with van der Waals surface area (Å²) in [6.45, 7) is 2.63. The normalized spacial score (nSPS) is 17.6. The number of fused-ring (bicyclic) bond motifs is 1. The Hall–Kier alpha value is -3.96. The number of nitrogens with one attached hydrogen (secondary N) is 4. The van der Waals surface area contributed by atoms with Crippen LogP contribution in [-0.4, -0.2) is 63.5 Å². The van der Waals surface area contributed by atoms with Crippen molar-refractivity contribution in [2.75, 3.05) is 31.4 Å². The number of nitrogens with zero attached hydrogens (tertiary/aromatic N) is 4. The Morgan fingerprint density at radius 3 is 2.89 bits per heavy atom. The fourth-order valence-corrected chi connectivity index (χ4v) is 4.36. The van der Waals surface area contributed by atoms with Crippen molar-refractivity contribution in [2.24, 2.45) is 7.05 Å². The van der Waals surface area contributed by atoms with Crippen LogP contribution in [0.25, 0.3) is 22.2 Å². The van der Waals surface area contributed by atoms with Crippen molar-refractivity contribution < 1.29 is 14.3 Å². The van der Waals surface area contributed by atoms with Gasteiger partial charge in [0.25, 0.3) is 5.88 Å². The number of carbonyl (C=O) groups excluding carboxylic acids is 1. The zero-order valence-corrected chi connectivity index (χ0v) is 20.0. The first-order chi connectivity index (χ1) is 17.0. The number of rotatable bonds is 7. The molecule has 11 nitrogen and oxygen atoms in total. The van der Waals surface area contributed by atoms with Crippen LogP contribution in [0, 0.1) is 6.92 Å². The largest absolute Gasteiger partial charge is 0.478 e. The third-order valence-electron chi connectivity index (χ3n) is 6.18. The molecule has 4 N–H and O–H groups in total. The standard InChI is InChI=1S/C24H28N8O3/c1-13-9-27-24(29-19-12-32(2)31-23(19)35-4)30-20(13)16-11-26-21-15(16)6-5-7-17(21)28-22(33)18-8-14(34-3)10-25-18/h5-7,9,11-12,14,18,25-26H,8,10H2,1-4H3,(H,28,33)(H,27,29,30)/t14-,18?/m0/s1. The number of hydrogen-bond acceptors (Lipinski definition) is 8. The number of carbonyl (C=O) groups is 1. The molecule has 1 aliphatic rings. The average molecular weight is 477 g/mol. The summed E-state index contributed by atoms with van der Waals surface area (Å²) in [5.74, 6) is 0.804. The van der Waals surface area contributed by atoms with Crippen LogP contribution in [0.4, 0.5) is 17.3 Å². The van der Waals surface area contributed by atoms with Gasteiger partial charge in [0.05, 0.1) is 42.4 Å². The van der Waals surface area contributed by atoms with E-state index >= 15 is 0 Å². The number of anilines is 3. The quantitative estimate of drug-likeness (QED) is 0.320. The Morgan fingerprint density at radius 1 is 1.26 bits per heavy atom. The first-order valence-corrected chi connectivity index (χ1v) is 11.3. The second kappa shape index (κ2) is 9.35. The van der Waals surface area contributed by atoms with E-state index in [1.165, 1.54) is 0 Å². The van der Waals surface area contributed by atoms with E-state index in [1.54, 1.807) is 31.3 Å². The maximum atomic E-state index is 12.8. The molecule has 0 bridgehead atoms. The zero-order valence-electron chi connectivity index (χ0n) is 20.0. The Bertz CT molecular complexity index is 1380. The highest BCUT2D eigenvalue weighted by Gasteiger charge is 2.29. The molecule has 1 amide bonds. The topological polar surface area (TPSA) is 131 Å². The number of hydrogen-bond donors (Lipinski definition) is 4. The predicted octanol–water partition coefficient (Wildman–Crippen LogP) is 2.73. The molecular formula is C24H28N8O3. The Kier molecular flexibility index (Phi) is 6.10. The minimum absolute atomic E-state index is 0.0498. The number of amides is 1. The number of ether oxygens (including phenoxy) is 2. The number of aryl methyl sites for hydroxylation is 2. The van der Waals surface area contributed by atoms with Crippen molar-refractivity contribution >= 4 is 34.1 Å². The Morgan fingerprint density at radius 2 is 2.11 bits per heavy atom. The van der Waals surface area contributed by atoms with Gasteiger partial charge in [-0.3, -0.25) is 9.48 Å². The molecule has 1 unspecified atom stereocenters. The van der Waals surface area contributed by atoms with Crippen LogP contribution in [0.2, 0.25) is 0 Å². The van der Waals surface area contributed by atoms with E-state index in [1.807, 2.05) is 38.4 Å². The van der Waals surface area contributed by atoms with E-state index in [0.29, 0.717) is 36.2 Å². The summed E-state index contributed by atoms with van der Waals surface area (Å²) >= 11 is 0. The van der Waals surface area contributed by atoms with Gasteiger partial charge in [-0.1, -0.05) is 12.1 Å². The van der Waals surface area contributed by atoms with Crippen molar-refractivity contribution in [3.05, 3.63) is 42.4 Å². The lowest BCUT2D eigenvalue weighted by atomic mass is 10.1. The summed E-state index contributed by atoms with van der Waals surface area (Å²) in [5, 5.41) is 14.7. The lowest BCUT2D eigenvalue weighted by Gasteiger charge is -2.12. The summed E-state index contributed by atoms with van der Waals surface area (Å²) in [4.78, 5) is 25.3. The highest BCUT2D eigenvalue weighted by atomic mass is 16.5. The average Bonchev–Trinajstić information content (AvgIpc) is 3.59. The van der Waals surface area contributed by atoms with Crippen LogP contribution in [0.15, 0.2) is 36.8 Å². The molecule has 182 valence electrons. The third kappa shape index (κ3) is 4.43. The number of aromatic nitrogens is 5. The van der Waals surface area contributed by atoms with Gasteiger partial charge < -0.3 is 30.4 Å². The second-order valence-corrected chi connectivity index (χ2v) is 8.55. The molecule has 4 heterocycles. The summed E-state index contributed by atoms with van der Waals surface area (Å²) < 4.78 is 12.3. The molecular weight excluding hydrogens is 448 g/mol. The van der Waals surface area contributed by atoms with E-state index in [9.17, 15) is 4.79 Å². The molecule has 1 aromatic carbocycles. The second-order valence-electron chi connectivity index (χ2n) is 8.55. The summed E-state index contributed by atoms with van der Waals surface area (Å²) in [5.41, 5.74) is 4.83. The van der Waals surface area contributed by atoms with Crippen molar-refractivity contribution in [3.8, 4) is 17.1 Å². The molecule has 35 heavy (non-hydrogen) atoms. The molecule has 3 aromatic heterocycles. The van der Waals surface area contributed by atoms with Crippen LogP contribution in [0.1, 0.15) is 12.0 Å². The van der Waals surface area contributed by atoms with Gasteiger partial charge in [0.1, 0.15) is 5.69 Å². The third-order valence-corrected chi connectivity index (χ3v) is 6.18. The minimum atomic E-state index is -0.285. The fraction of sp³-hybridized carbons (Fsp3) is 0.333. The molecule has 5 rings (SSSR count). The number of methoxy groups -OCH3 is 2. The maximum Gasteiger partial charge on any atom is 0.256 e. The predicted molar refractivity (Wildman–Crippen MR) is 133 cm³/mol. The molecule has 4 aromatic rings. The zero-order chi connectivity index (χ0) is 24.5. The van der Waals surface area contributed by atoms with Gasteiger partial charge in [0.15, 0.2) is 0 Å². The van der Waals surface area contributed by atoms with Crippen LogP contribution in [0.3, 0.4) is 0 Å². The van der Waals surface area contributed by atoms with E-state index < -0.39 is 0 Å². The monoisotopic (exact) mass is 476 g/mol. The maximum absolute atomic E-state index is 12.8. The van der Waals surface area contributed by atoms with Crippen LogP contribution >= 0.6 is 0 Å². The fourth-order valence-electron chi connectivity index (χ4n) is 4.36. The van der Waals surface area contributed by atoms with Crippen LogP contribution in [-0.2, 0) is 16.6 Å². The van der Waals surface area contributed by atoms with Crippen LogP contribution < -0.4 is 20.7 Å². The van der Waals surface area contributed by atoms with Crippen molar-refractivity contribution in [1.29, 1.82) is 0 Å². The molecule has 0 radical (unpaired) electrons. The lowest BCUT2D eigenvalue weighted by Crippen LogP contribution is -2.35. The molecule has 1 fully saturated rings. The smallest absolute Gasteiger partial charge is 0.256 e. The van der Waals surface area contributed by atoms with Gasteiger partial charge in [0.2, 0.25) is 11.9 Å². The molecule has 0 spiro atoms. The summed E-state index contributed by atoms with van der Waals surface area (Å²) in [7, 11) is 5.04. The lowest BCUT2D eigenvalue weighted by molar-refractivity contribution is -0.118. The Labute approximate surface area is 202 Å². The highest BCUT2D eigenvalue weighted by molar-refractivity contribution is 6.06. The Balaban J connectivity index is 1.43. The van der Waals surface area contributed by atoms with E-state index in [4.69, 9.17) is 14.5 Å². The van der Waals surface area contributed by atoms with Crippen molar-refractivity contribution in [3.63, 3.8) is 0 Å². The molecule has 0 saturated carbocycles. The van der Waals surface area contributed by atoms with Crippen molar-refractivity contribution in [1.82, 2.24) is 30.0 Å². The number of para-hydroxylation sites is 1. The van der Waals surface area contributed by atoms with Gasteiger partial charge in [-0.25, -0.2) is 9.97 Å². The van der Waals surface area contributed by atoms with Crippen LogP contribution in [0.5, 0.6) is 5.88 Å². The van der Waals surface area contributed by atoms with Gasteiger partial charge in [-0.05, 0) is 25.0 Å². The summed E-state index contributed by atoms with van der Waals surface area (Å²) in [6.07, 6.45) is 6.17. The van der Waals surface area contributed by atoms with Gasteiger partial charge >= 0.3 is 0 Å². The number of aromatic amines is 1.